The van der Waals surface area contributed by atoms with Crippen LogP contribution in [-0.2, 0) is 19.6 Å². The molecule has 6 nitrogen and oxygen atoms in total. The van der Waals surface area contributed by atoms with Crippen molar-refractivity contribution in [3.8, 4) is 0 Å². The van der Waals surface area contributed by atoms with Crippen LogP contribution in [0.5, 0.6) is 0 Å². The van der Waals surface area contributed by atoms with Crippen molar-refractivity contribution in [2.75, 3.05) is 24.0 Å². The van der Waals surface area contributed by atoms with Gasteiger partial charge in [0.1, 0.15) is 6.54 Å². The average Bonchev–Trinajstić information content (AvgIpc) is 2.66. The summed E-state index contributed by atoms with van der Waals surface area (Å²) < 4.78 is 32.9. The smallest absolute Gasteiger partial charge is 0.264 e. The van der Waals surface area contributed by atoms with Crippen molar-refractivity contribution in [2.45, 2.75) is 38.2 Å². The van der Waals surface area contributed by atoms with Crippen molar-refractivity contribution in [1.82, 2.24) is 5.32 Å². The zero-order valence-electron chi connectivity index (χ0n) is 16.6. The maximum Gasteiger partial charge on any atom is 0.264 e. The van der Waals surface area contributed by atoms with Crippen LogP contribution >= 0.6 is 0 Å². The summed E-state index contributed by atoms with van der Waals surface area (Å²) in [6.45, 7) is 6.47. The lowest BCUT2D eigenvalue weighted by Gasteiger charge is -2.24. The first-order chi connectivity index (χ1) is 13.3. The molecule has 0 spiro atoms. The molecule has 7 heteroatoms. The molecule has 152 valence electrons. The number of aryl methyl sites for hydroxylation is 1. The Morgan fingerprint density at radius 2 is 1.82 bits per heavy atom. The minimum atomic E-state index is -3.86. The number of benzene rings is 2. The van der Waals surface area contributed by atoms with Crippen LogP contribution < -0.4 is 9.62 Å². The SMILES string of the molecule is Cc1cccc(N(CC(=O)NCCCOC(C)C)S(=O)(=O)c2ccccc2)c1. The molecule has 0 atom stereocenters. The molecule has 0 aliphatic rings. The van der Waals surface area contributed by atoms with Gasteiger partial charge in [-0.15, -0.1) is 0 Å². The van der Waals surface area contributed by atoms with Gasteiger partial charge in [0.2, 0.25) is 5.91 Å². The number of amides is 1. The lowest BCUT2D eigenvalue weighted by atomic mass is 10.2. The Bertz CT molecular complexity index is 867. The van der Waals surface area contributed by atoms with Gasteiger partial charge in [0, 0.05) is 13.2 Å². The molecule has 0 aliphatic carbocycles. The van der Waals surface area contributed by atoms with Crippen molar-refractivity contribution in [2.24, 2.45) is 0 Å². The van der Waals surface area contributed by atoms with Crippen LogP contribution in [0.2, 0.25) is 0 Å². The molecule has 28 heavy (non-hydrogen) atoms. The summed E-state index contributed by atoms with van der Waals surface area (Å²) in [6, 6.07) is 15.2. The zero-order chi connectivity index (χ0) is 20.6. The summed E-state index contributed by atoms with van der Waals surface area (Å²) in [5.41, 5.74) is 1.37. The first-order valence-corrected chi connectivity index (χ1v) is 10.8. The molecule has 0 fully saturated rings. The second-order valence-corrected chi connectivity index (χ2v) is 8.65. The number of hydrogen-bond donors (Lipinski definition) is 1. The highest BCUT2D eigenvalue weighted by Gasteiger charge is 2.27. The predicted molar refractivity (Wildman–Crippen MR) is 111 cm³/mol. The lowest BCUT2D eigenvalue weighted by Crippen LogP contribution is -2.41. The molecule has 1 N–H and O–H groups in total. The number of carbonyl (C=O) groups excluding carboxylic acids is 1. The Morgan fingerprint density at radius 3 is 2.46 bits per heavy atom. The van der Waals surface area contributed by atoms with E-state index in [1.165, 1.54) is 12.1 Å². The quantitative estimate of drug-likeness (QED) is 0.618. The molecule has 1 amide bonds. The van der Waals surface area contributed by atoms with Crippen LogP contribution in [0.15, 0.2) is 59.5 Å². The van der Waals surface area contributed by atoms with E-state index in [1.54, 1.807) is 36.4 Å². The van der Waals surface area contributed by atoms with Crippen LogP contribution in [0.1, 0.15) is 25.8 Å². The van der Waals surface area contributed by atoms with Crippen LogP contribution in [0.25, 0.3) is 0 Å². The Balaban J connectivity index is 2.15. The van der Waals surface area contributed by atoms with Crippen LogP contribution in [0.3, 0.4) is 0 Å². The molecule has 2 aromatic carbocycles. The number of anilines is 1. The summed E-state index contributed by atoms with van der Waals surface area (Å²) in [6.07, 6.45) is 0.809. The first kappa shape index (κ1) is 21.9. The third kappa shape index (κ3) is 6.35. The predicted octanol–water partition coefficient (Wildman–Crippen LogP) is 3.12. The van der Waals surface area contributed by atoms with Gasteiger partial charge in [-0.25, -0.2) is 8.42 Å². The fourth-order valence-corrected chi connectivity index (χ4v) is 4.06. The Labute approximate surface area is 167 Å². The Hall–Kier alpha value is -2.38. The molecule has 2 rings (SSSR count). The Morgan fingerprint density at radius 1 is 1.11 bits per heavy atom. The van der Waals surface area contributed by atoms with E-state index >= 15 is 0 Å². The number of carbonyl (C=O) groups is 1. The Kier molecular flexibility index (Phi) is 8.02. The van der Waals surface area contributed by atoms with E-state index in [4.69, 9.17) is 4.74 Å². The summed E-state index contributed by atoms with van der Waals surface area (Å²) in [7, 11) is -3.86. The van der Waals surface area contributed by atoms with Gasteiger partial charge in [0.15, 0.2) is 0 Å². The van der Waals surface area contributed by atoms with Gasteiger partial charge in [-0.1, -0.05) is 30.3 Å². The number of hydrogen-bond acceptors (Lipinski definition) is 4. The third-order valence-electron chi connectivity index (χ3n) is 4.00. The largest absolute Gasteiger partial charge is 0.379 e. The van der Waals surface area contributed by atoms with Gasteiger partial charge in [-0.05, 0) is 57.0 Å². The van der Waals surface area contributed by atoms with Crippen molar-refractivity contribution in [3.05, 3.63) is 60.2 Å². The molecule has 0 saturated carbocycles. The molecule has 0 aliphatic heterocycles. The van der Waals surface area contributed by atoms with Gasteiger partial charge in [-0.3, -0.25) is 9.10 Å². The summed E-state index contributed by atoms with van der Waals surface area (Å²) in [4.78, 5) is 12.6. The fraction of sp³-hybridized carbons (Fsp3) is 0.381. The van der Waals surface area contributed by atoms with Crippen molar-refractivity contribution >= 4 is 21.6 Å². The summed E-state index contributed by atoms with van der Waals surface area (Å²) >= 11 is 0. The maximum absolute atomic E-state index is 13.2. The second-order valence-electron chi connectivity index (χ2n) is 6.79. The van der Waals surface area contributed by atoms with Crippen LogP contribution in [0.4, 0.5) is 5.69 Å². The molecule has 2 aromatic rings. The second kappa shape index (κ2) is 10.2. The van der Waals surface area contributed by atoms with E-state index in [9.17, 15) is 13.2 Å². The van der Waals surface area contributed by atoms with Crippen LogP contribution in [0, 0.1) is 6.92 Å². The highest BCUT2D eigenvalue weighted by Crippen LogP contribution is 2.24. The normalized spacial score (nSPS) is 11.4. The van der Waals surface area contributed by atoms with E-state index in [1.807, 2.05) is 26.8 Å². The number of rotatable bonds is 10. The molecule has 0 saturated heterocycles. The van der Waals surface area contributed by atoms with Crippen molar-refractivity contribution < 1.29 is 17.9 Å². The molecule has 0 unspecified atom stereocenters. The van der Waals surface area contributed by atoms with Gasteiger partial charge in [0.25, 0.3) is 10.0 Å². The lowest BCUT2D eigenvalue weighted by molar-refractivity contribution is -0.119. The number of nitrogens with one attached hydrogen (secondary N) is 1. The average molecular weight is 405 g/mol. The van der Waals surface area contributed by atoms with Gasteiger partial charge in [-0.2, -0.15) is 0 Å². The molecular formula is C21H28N2O4S. The minimum absolute atomic E-state index is 0.142. The number of nitrogens with zero attached hydrogens (tertiary/aromatic N) is 1. The van der Waals surface area contributed by atoms with Crippen molar-refractivity contribution in [3.63, 3.8) is 0 Å². The highest BCUT2D eigenvalue weighted by molar-refractivity contribution is 7.92. The highest BCUT2D eigenvalue weighted by atomic mass is 32.2. The van der Waals surface area contributed by atoms with Gasteiger partial charge in [0.05, 0.1) is 16.7 Å². The fourth-order valence-electron chi connectivity index (χ4n) is 2.62. The van der Waals surface area contributed by atoms with Gasteiger partial charge < -0.3 is 10.1 Å². The van der Waals surface area contributed by atoms with E-state index in [2.05, 4.69) is 5.32 Å². The summed E-state index contributed by atoms with van der Waals surface area (Å²) in [5.74, 6) is -0.356. The molecule has 0 heterocycles. The van der Waals surface area contributed by atoms with Crippen molar-refractivity contribution in [1.29, 1.82) is 0 Å². The first-order valence-electron chi connectivity index (χ1n) is 9.33. The number of sulfonamides is 1. The minimum Gasteiger partial charge on any atom is -0.379 e. The maximum atomic E-state index is 13.2. The topological polar surface area (TPSA) is 75.7 Å². The zero-order valence-corrected chi connectivity index (χ0v) is 17.4. The third-order valence-corrected chi connectivity index (χ3v) is 5.79. The molecule has 0 bridgehead atoms. The summed E-state index contributed by atoms with van der Waals surface area (Å²) in [5, 5.41) is 2.77. The molecule has 0 radical (unpaired) electrons. The van der Waals surface area contributed by atoms with Crippen LogP contribution in [-0.4, -0.2) is 40.1 Å². The van der Waals surface area contributed by atoms with E-state index in [0.717, 1.165) is 9.87 Å². The van der Waals surface area contributed by atoms with E-state index in [-0.39, 0.29) is 23.5 Å². The molecule has 0 aromatic heterocycles. The molecular weight excluding hydrogens is 376 g/mol. The number of ether oxygens (including phenoxy) is 1. The van der Waals surface area contributed by atoms with Gasteiger partial charge >= 0.3 is 0 Å². The monoisotopic (exact) mass is 404 g/mol. The van der Waals surface area contributed by atoms with E-state index < -0.39 is 10.0 Å². The standard InChI is InChI=1S/C21H28N2O4S/c1-17(2)27-14-8-13-22-21(24)16-23(19-10-7-9-18(3)15-19)28(25,26)20-11-5-4-6-12-20/h4-7,9-12,15,17H,8,13-14,16H2,1-3H3,(H,22,24). The van der Waals surface area contributed by atoms with E-state index in [0.29, 0.717) is 25.3 Å².